The SMILES string of the molecule is CCOC(=O)[C@]1(C)CC[C@]2(C)CC[C@]3(C)C4=CC(C)/C(=C/C=O)C(=CC=O)[C@]4(C)CC[C@@]3(C)[C@@H]2C1. The van der Waals surface area contributed by atoms with Crippen molar-refractivity contribution in [2.75, 3.05) is 6.61 Å². The zero-order chi connectivity index (χ0) is 25.9. The van der Waals surface area contributed by atoms with E-state index in [2.05, 4.69) is 47.6 Å². The van der Waals surface area contributed by atoms with Crippen molar-refractivity contribution in [1.29, 1.82) is 0 Å². The number of allylic oxidation sites excluding steroid dienone is 6. The van der Waals surface area contributed by atoms with E-state index >= 15 is 0 Å². The Morgan fingerprint density at radius 2 is 1.63 bits per heavy atom. The van der Waals surface area contributed by atoms with Gasteiger partial charge in [0.1, 0.15) is 12.6 Å². The maximum Gasteiger partial charge on any atom is 0.311 e. The molecule has 4 heteroatoms. The Hall–Kier alpha value is -1.97. The fourth-order valence-electron chi connectivity index (χ4n) is 8.88. The van der Waals surface area contributed by atoms with Crippen LogP contribution in [0.5, 0.6) is 0 Å². The van der Waals surface area contributed by atoms with Crippen LogP contribution in [0.15, 0.2) is 34.9 Å². The molecule has 7 atom stereocenters. The number of carbonyl (C=O) groups excluding carboxylic acids is 3. The Morgan fingerprint density at radius 1 is 0.971 bits per heavy atom. The van der Waals surface area contributed by atoms with Crippen molar-refractivity contribution < 1.29 is 19.1 Å². The highest BCUT2D eigenvalue weighted by atomic mass is 16.5. The van der Waals surface area contributed by atoms with Crippen molar-refractivity contribution in [2.45, 2.75) is 93.4 Å². The van der Waals surface area contributed by atoms with Gasteiger partial charge in [-0.1, -0.05) is 46.3 Å². The van der Waals surface area contributed by atoms with Gasteiger partial charge in [0.2, 0.25) is 0 Å². The highest BCUT2D eigenvalue weighted by Crippen LogP contribution is 2.75. The monoisotopic (exact) mass is 480 g/mol. The first kappa shape index (κ1) is 26.1. The molecular formula is C31H44O4. The third kappa shape index (κ3) is 3.56. The second-order valence-corrected chi connectivity index (χ2v) is 13.1. The van der Waals surface area contributed by atoms with Gasteiger partial charge in [-0.05, 0) is 110 Å². The summed E-state index contributed by atoms with van der Waals surface area (Å²) in [5.41, 5.74) is 2.95. The van der Waals surface area contributed by atoms with Gasteiger partial charge in [-0.25, -0.2) is 0 Å². The third-order valence-corrected chi connectivity index (χ3v) is 11.4. The van der Waals surface area contributed by atoms with Crippen LogP contribution in [0.25, 0.3) is 0 Å². The van der Waals surface area contributed by atoms with E-state index in [0.29, 0.717) is 12.5 Å². The molecule has 0 spiro atoms. The van der Waals surface area contributed by atoms with Crippen LogP contribution in [-0.4, -0.2) is 25.1 Å². The van der Waals surface area contributed by atoms with Crippen LogP contribution in [0.4, 0.5) is 0 Å². The molecule has 0 aliphatic heterocycles. The minimum Gasteiger partial charge on any atom is -0.466 e. The van der Waals surface area contributed by atoms with Crippen molar-refractivity contribution >= 4 is 18.5 Å². The van der Waals surface area contributed by atoms with Gasteiger partial charge >= 0.3 is 5.97 Å². The number of ether oxygens (including phenoxy) is 1. The second kappa shape index (κ2) is 8.56. The molecule has 4 nitrogen and oxygen atoms in total. The Bertz CT molecular complexity index is 1020. The van der Waals surface area contributed by atoms with Crippen LogP contribution in [0.1, 0.15) is 93.4 Å². The molecule has 0 heterocycles. The van der Waals surface area contributed by atoms with Gasteiger partial charge in [0.25, 0.3) is 0 Å². The Labute approximate surface area is 211 Å². The summed E-state index contributed by atoms with van der Waals surface area (Å²) in [5.74, 6) is 0.463. The first-order valence-corrected chi connectivity index (χ1v) is 13.6. The largest absolute Gasteiger partial charge is 0.466 e. The zero-order valence-corrected chi connectivity index (χ0v) is 22.8. The molecule has 4 aliphatic rings. The van der Waals surface area contributed by atoms with E-state index in [1.54, 1.807) is 12.2 Å². The summed E-state index contributed by atoms with van der Waals surface area (Å²) in [6.07, 6.45) is 14.6. The lowest BCUT2D eigenvalue weighted by molar-refractivity contribution is -0.182. The molecule has 0 bridgehead atoms. The quantitative estimate of drug-likeness (QED) is 0.192. The van der Waals surface area contributed by atoms with Crippen LogP contribution in [0, 0.1) is 38.9 Å². The minimum atomic E-state index is -0.432. The molecule has 0 aromatic carbocycles. The van der Waals surface area contributed by atoms with Crippen LogP contribution < -0.4 is 0 Å². The summed E-state index contributed by atoms with van der Waals surface area (Å²) in [5, 5.41) is 0. The van der Waals surface area contributed by atoms with Gasteiger partial charge in [0, 0.05) is 5.41 Å². The smallest absolute Gasteiger partial charge is 0.311 e. The molecule has 0 radical (unpaired) electrons. The summed E-state index contributed by atoms with van der Waals surface area (Å²) in [6.45, 7) is 16.3. The summed E-state index contributed by atoms with van der Waals surface area (Å²) in [7, 11) is 0. The Balaban J connectivity index is 1.84. The maximum atomic E-state index is 13.1. The highest BCUT2D eigenvalue weighted by molar-refractivity contribution is 5.77. The second-order valence-electron chi connectivity index (χ2n) is 13.1. The standard InChI is InChI=1S/C31H44O4/c1-8-35-26(34)28(4)12-11-27(3)13-15-30(6)24-19-21(2)22(9-17-32)23(10-18-33)29(24,5)14-16-31(30,7)25(27)20-28/h9-10,17-19,21,25H,8,11-16,20H2,1-7H3/b22-9-,23-10?/t21?,25-,27-,28-,29+,30-,31+/m1/s1. The number of hydrogen-bond acceptors (Lipinski definition) is 4. The van der Waals surface area contributed by atoms with Crippen molar-refractivity contribution in [2.24, 2.45) is 38.9 Å². The van der Waals surface area contributed by atoms with Crippen LogP contribution in [-0.2, 0) is 19.1 Å². The molecule has 4 rings (SSSR count). The molecular weight excluding hydrogens is 436 g/mol. The zero-order valence-electron chi connectivity index (χ0n) is 22.8. The number of carbonyl (C=O) groups is 3. The molecule has 0 N–H and O–H groups in total. The van der Waals surface area contributed by atoms with Crippen molar-refractivity contribution in [3.63, 3.8) is 0 Å². The van der Waals surface area contributed by atoms with Crippen LogP contribution in [0.2, 0.25) is 0 Å². The average Bonchev–Trinajstić information content (AvgIpc) is 2.81. The summed E-state index contributed by atoms with van der Waals surface area (Å²) >= 11 is 0. The van der Waals surface area contributed by atoms with Gasteiger partial charge in [-0.15, -0.1) is 0 Å². The average molecular weight is 481 g/mol. The van der Waals surface area contributed by atoms with E-state index in [4.69, 9.17) is 4.74 Å². The first-order valence-electron chi connectivity index (χ1n) is 13.6. The number of aldehydes is 2. The minimum absolute atomic E-state index is 0.0380. The number of hydrogen-bond donors (Lipinski definition) is 0. The fourth-order valence-corrected chi connectivity index (χ4v) is 8.88. The number of fused-ring (bicyclic) bond motifs is 5. The lowest BCUT2D eigenvalue weighted by Gasteiger charge is -2.70. The summed E-state index contributed by atoms with van der Waals surface area (Å²) in [6, 6.07) is 0. The molecule has 0 aromatic heterocycles. The summed E-state index contributed by atoms with van der Waals surface area (Å²) in [4.78, 5) is 36.3. The molecule has 4 aliphatic carbocycles. The first-order chi connectivity index (χ1) is 16.3. The van der Waals surface area contributed by atoms with Gasteiger partial charge in [-0.2, -0.15) is 0 Å². The van der Waals surface area contributed by atoms with Gasteiger partial charge < -0.3 is 4.74 Å². The lowest BCUT2D eigenvalue weighted by atomic mass is 9.34. The number of esters is 1. The van der Waals surface area contributed by atoms with Crippen LogP contribution in [0.3, 0.4) is 0 Å². The molecule has 0 aromatic rings. The molecule has 3 saturated carbocycles. The van der Waals surface area contributed by atoms with E-state index < -0.39 is 5.41 Å². The molecule has 35 heavy (non-hydrogen) atoms. The van der Waals surface area contributed by atoms with E-state index in [1.165, 1.54) is 5.57 Å². The van der Waals surface area contributed by atoms with Crippen molar-refractivity contribution in [1.82, 2.24) is 0 Å². The number of rotatable bonds is 4. The highest BCUT2D eigenvalue weighted by Gasteiger charge is 2.67. The van der Waals surface area contributed by atoms with Gasteiger partial charge in [0.15, 0.2) is 0 Å². The van der Waals surface area contributed by atoms with E-state index in [9.17, 15) is 14.4 Å². The Morgan fingerprint density at radius 3 is 2.26 bits per heavy atom. The van der Waals surface area contributed by atoms with Crippen molar-refractivity contribution in [3.05, 3.63) is 34.9 Å². The predicted octanol–water partition coefficient (Wildman–Crippen LogP) is 6.80. The Kier molecular flexibility index (Phi) is 6.38. The predicted molar refractivity (Wildman–Crippen MR) is 139 cm³/mol. The molecule has 0 amide bonds. The normalized spacial score (nSPS) is 47.2. The van der Waals surface area contributed by atoms with E-state index in [0.717, 1.165) is 68.7 Å². The van der Waals surface area contributed by atoms with Gasteiger partial charge in [-0.3, -0.25) is 14.4 Å². The van der Waals surface area contributed by atoms with Crippen molar-refractivity contribution in [3.8, 4) is 0 Å². The molecule has 1 unspecified atom stereocenters. The van der Waals surface area contributed by atoms with Crippen LogP contribution >= 0.6 is 0 Å². The molecule has 192 valence electrons. The molecule has 0 saturated heterocycles. The fraction of sp³-hybridized carbons (Fsp3) is 0.710. The maximum absolute atomic E-state index is 13.1. The summed E-state index contributed by atoms with van der Waals surface area (Å²) < 4.78 is 5.56. The van der Waals surface area contributed by atoms with Gasteiger partial charge in [0.05, 0.1) is 12.0 Å². The topological polar surface area (TPSA) is 60.4 Å². The lowest BCUT2D eigenvalue weighted by Crippen LogP contribution is -2.62. The third-order valence-electron chi connectivity index (χ3n) is 11.4. The van der Waals surface area contributed by atoms with E-state index in [-0.39, 0.29) is 33.5 Å². The van der Waals surface area contributed by atoms with E-state index in [1.807, 2.05) is 6.92 Å². The molecule has 3 fully saturated rings.